The fourth-order valence-electron chi connectivity index (χ4n) is 4.07. The molecule has 5 rings (SSSR count). The molecule has 0 unspecified atom stereocenters. The highest BCUT2D eigenvalue weighted by Crippen LogP contribution is 2.43. The van der Waals surface area contributed by atoms with Gasteiger partial charge in [0.1, 0.15) is 22.1 Å². The van der Waals surface area contributed by atoms with E-state index in [-0.39, 0.29) is 27.8 Å². The standard InChI is InChI=1S/C23H20BrF2N9O2S/c1-3-35-11(2)14(8-29-35)13-6-16(20(25)26)30-23-17(13)18(19(38-23)21(27)36)31-22(37)15-4-5-33(32-15)10-34-9-12(24)7-28-34/h4-9,20H,3,10H2,1-2H3,(H2,27,36)(H,31,37). The lowest BCUT2D eigenvalue weighted by molar-refractivity contribution is 0.100. The number of fused-ring (bicyclic) bond motifs is 1. The van der Waals surface area contributed by atoms with Crippen molar-refractivity contribution in [2.24, 2.45) is 5.73 Å². The number of pyridine rings is 1. The molecule has 0 aliphatic carbocycles. The summed E-state index contributed by atoms with van der Waals surface area (Å²) in [6, 6.07) is 2.76. The lowest BCUT2D eigenvalue weighted by Crippen LogP contribution is -2.18. The van der Waals surface area contributed by atoms with Gasteiger partial charge in [0.2, 0.25) is 0 Å². The van der Waals surface area contributed by atoms with Crippen LogP contribution in [-0.2, 0) is 13.2 Å². The predicted molar refractivity (Wildman–Crippen MR) is 140 cm³/mol. The number of carbonyl (C=O) groups excluding carboxylic acids is 2. The Morgan fingerprint density at radius 3 is 2.63 bits per heavy atom. The van der Waals surface area contributed by atoms with Crippen LogP contribution >= 0.6 is 27.3 Å². The third-order valence-electron chi connectivity index (χ3n) is 5.83. The van der Waals surface area contributed by atoms with Crippen LogP contribution in [0.3, 0.4) is 0 Å². The number of alkyl halides is 2. The van der Waals surface area contributed by atoms with Crippen molar-refractivity contribution in [3.05, 3.63) is 63.4 Å². The predicted octanol–water partition coefficient (Wildman–Crippen LogP) is 4.44. The van der Waals surface area contributed by atoms with Gasteiger partial charge in [-0.1, -0.05) is 0 Å². The van der Waals surface area contributed by atoms with Crippen molar-refractivity contribution < 1.29 is 18.4 Å². The van der Waals surface area contributed by atoms with Crippen molar-refractivity contribution in [2.45, 2.75) is 33.5 Å². The highest BCUT2D eigenvalue weighted by atomic mass is 79.9. The summed E-state index contributed by atoms with van der Waals surface area (Å²) >= 11 is 4.16. The third kappa shape index (κ3) is 4.69. The Labute approximate surface area is 226 Å². The number of carbonyl (C=O) groups is 2. The van der Waals surface area contributed by atoms with Gasteiger partial charge in [0.25, 0.3) is 18.2 Å². The molecule has 0 saturated carbocycles. The molecule has 196 valence electrons. The maximum absolute atomic E-state index is 13.8. The second-order valence-electron chi connectivity index (χ2n) is 8.24. The summed E-state index contributed by atoms with van der Waals surface area (Å²) in [5.74, 6) is -1.44. The summed E-state index contributed by atoms with van der Waals surface area (Å²) in [7, 11) is 0. The molecule has 15 heteroatoms. The van der Waals surface area contributed by atoms with E-state index in [2.05, 4.69) is 41.5 Å². The average Bonchev–Trinajstić information content (AvgIpc) is 3.66. The first-order valence-electron chi connectivity index (χ1n) is 11.3. The quantitative estimate of drug-likeness (QED) is 0.269. The second-order valence-corrected chi connectivity index (χ2v) is 10.2. The number of anilines is 1. The van der Waals surface area contributed by atoms with E-state index in [0.717, 1.165) is 21.5 Å². The van der Waals surface area contributed by atoms with Crippen molar-refractivity contribution in [1.29, 1.82) is 0 Å². The summed E-state index contributed by atoms with van der Waals surface area (Å²) in [5.41, 5.74) is 6.97. The molecule has 5 aromatic heterocycles. The highest BCUT2D eigenvalue weighted by Gasteiger charge is 2.27. The number of halogens is 3. The first kappa shape index (κ1) is 25.7. The van der Waals surface area contributed by atoms with Crippen molar-refractivity contribution in [3.8, 4) is 11.1 Å². The maximum atomic E-state index is 13.8. The Hall–Kier alpha value is -3.98. The monoisotopic (exact) mass is 603 g/mol. The van der Waals surface area contributed by atoms with Gasteiger partial charge in [0.15, 0.2) is 5.69 Å². The number of hydrogen-bond acceptors (Lipinski definition) is 7. The molecule has 0 saturated heterocycles. The van der Waals surface area contributed by atoms with E-state index in [1.807, 2.05) is 13.8 Å². The van der Waals surface area contributed by atoms with Crippen LogP contribution in [0.2, 0.25) is 0 Å². The summed E-state index contributed by atoms with van der Waals surface area (Å²) in [5, 5.41) is 15.8. The van der Waals surface area contributed by atoms with Gasteiger partial charge in [-0.2, -0.15) is 15.3 Å². The summed E-state index contributed by atoms with van der Waals surface area (Å²) in [6.45, 7) is 4.55. The molecular formula is C23H20BrF2N9O2S. The number of thiophene rings is 1. The third-order valence-corrected chi connectivity index (χ3v) is 7.33. The van der Waals surface area contributed by atoms with Crippen LogP contribution in [0.1, 0.15) is 44.9 Å². The van der Waals surface area contributed by atoms with Crippen molar-refractivity contribution in [2.75, 3.05) is 5.32 Å². The van der Waals surface area contributed by atoms with Gasteiger partial charge < -0.3 is 11.1 Å². The number of amides is 2. The molecule has 5 heterocycles. The number of nitrogens with one attached hydrogen (secondary N) is 1. The van der Waals surface area contributed by atoms with Crippen molar-refractivity contribution in [3.63, 3.8) is 0 Å². The van der Waals surface area contributed by atoms with Gasteiger partial charge in [-0.25, -0.2) is 18.4 Å². The van der Waals surface area contributed by atoms with Gasteiger partial charge in [0.05, 0.1) is 22.6 Å². The minimum Gasteiger partial charge on any atom is -0.365 e. The Morgan fingerprint density at radius 2 is 2.00 bits per heavy atom. The van der Waals surface area contributed by atoms with Gasteiger partial charge >= 0.3 is 0 Å². The zero-order chi connectivity index (χ0) is 27.1. The molecule has 0 bridgehead atoms. The first-order chi connectivity index (χ1) is 18.2. The fraction of sp³-hybridized carbons (Fsp3) is 0.217. The molecule has 2 amide bonds. The largest absolute Gasteiger partial charge is 0.365 e. The molecule has 11 nitrogen and oxygen atoms in total. The van der Waals surface area contributed by atoms with Crippen LogP contribution in [0, 0.1) is 6.92 Å². The maximum Gasteiger partial charge on any atom is 0.280 e. The molecule has 5 aromatic rings. The summed E-state index contributed by atoms with van der Waals surface area (Å²) in [4.78, 5) is 29.8. The molecule has 0 fully saturated rings. The molecule has 38 heavy (non-hydrogen) atoms. The van der Waals surface area contributed by atoms with E-state index in [1.165, 1.54) is 16.8 Å². The summed E-state index contributed by atoms with van der Waals surface area (Å²) in [6.07, 6.45) is 3.70. The molecule has 0 radical (unpaired) electrons. The van der Waals surface area contributed by atoms with Crippen LogP contribution in [0.4, 0.5) is 14.5 Å². The van der Waals surface area contributed by atoms with E-state index in [4.69, 9.17) is 5.73 Å². The normalized spacial score (nSPS) is 11.5. The van der Waals surface area contributed by atoms with E-state index in [9.17, 15) is 18.4 Å². The lowest BCUT2D eigenvalue weighted by Gasteiger charge is -2.10. The molecule has 0 aliphatic rings. The van der Waals surface area contributed by atoms with E-state index >= 15 is 0 Å². The molecule has 0 spiro atoms. The van der Waals surface area contributed by atoms with E-state index in [0.29, 0.717) is 23.1 Å². The summed E-state index contributed by atoms with van der Waals surface area (Å²) < 4.78 is 33.2. The molecular weight excluding hydrogens is 584 g/mol. The SMILES string of the molecule is CCn1ncc(-c2cc(C(F)F)nc3sc(C(N)=O)c(NC(=O)c4ccn(Cn5cc(Br)cn5)n4)c23)c1C. The van der Waals surface area contributed by atoms with Crippen LogP contribution in [-0.4, -0.2) is 46.1 Å². The molecule has 3 N–H and O–H groups in total. The number of aromatic nitrogens is 7. The van der Waals surface area contributed by atoms with E-state index in [1.54, 1.807) is 34.2 Å². The molecule has 0 aromatic carbocycles. The number of rotatable bonds is 8. The minimum atomic E-state index is -2.85. The van der Waals surface area contributed by atoms with Crippen molar-refractivity contribution >= 4 is 55.0 Å². The average molecular weight is 604 g/mol. The highest BCUT2D eigenvalue weighted by molar-refractivity contribution is 9.10. The Kier molecular flexibility index (Phi) is 6.79. The van der Waals surface area contributed by atoms with Crippen LogP contribution in [0.25, 0.3) is 21.3 Å². The second kappa shape index (κ2) is 10.1. The fourth-order valence-corrected chi connectivity index (χ4v) is 5.41. The minimum absolute atomic E-state index is 0.0186. The number of nitrogens with zero attached hydrogens (tertiary/aromatic N) is 7. The number of primary amides is 1. The zero-order valence-electron chi connectivity index (χ0n) is 20.0. The Balaban J connectivity index is 1.59. The van der Waals surface area contributed by atoms with Gasteiger partial charge in [0, 0.05) is 35.6 Å². The van der Waals surface area contributed by atoms with Crippen LogP contribution < -0.4 is 11.1 Å². The Bertz CT molecular complexity index is 1690. The van der Waals surface area contributed by atoms with Crippen LogP contribution in [0.5, 0.6) is 0 Å². The van der Waals surface area contributed by atoms with Gasteiger partial charge in [-0.3, -0.25) is 19.0 Å². The number of aryl methyl sites for hydroxylation is 1. The Morgan fingerprint density at radius 1 is 1.21 bits per heavy atom. The van der Waals surface area contributed by atoms with Gasteiger partial charge in [-0.05, 0) is 47.5 Å². The van der Waals surface area contributed by atoms with E-state index < -0.39 is 23.9 Å². The molecule has 0 aliphatic heterocycles. The topological polar surface area (TPSA) is 139 Å². The smallest absolute Gasteiger partial charge is 0.280 e. The lowest BCUT2D eigenvalue weighted by atomic mass is 10.0. The zero-order valence-corrected chi connectivity index (χ0v) is 22.4. The number of hydrogen-bond donors (Lipinski definition) is 2. The van der Waals surface area contributed by atoms with Crippen LogP contribution in [0.15, 0.2) is 41.4 Å². The number of nitrogens with two attached hydrogens (primary N) is 1. The first-order valence-corrected chi connectivity index (χ1v) is 12.9. The molecule has 0 atom stereocenters. The van der Waals surface area contributed by atoms with Crippen molar-refractivity contribution in [1.82, 2.24) is 34.3 Å². The van der Waals surface area contributed by atoms with Gasteiger partial charge in [-0.15, -0.1) is 11.3 Å².